The van der Waals surface area contributed by atoms with Crippen molar-refractivity contribution in [2.45, 2.75) is 89.1 Å². The number of rotatable bonds is 6. The Balaban J connectivity index is 1.21. The number of amides is 3. The molecule has 238 valence electrons. The summed E-state index contributed by atoms with van der Waals surface area (Å²) in [5.74, 6) is 0. The number of ether oxygens (including phenoxy) is 1. The van der Waals surface area contributed by atoms with Gasteiger partial charge in [0.25, 0.3) is 0 Å². The summed E-state index contributed by atoms with van der Waals surface area (Å²) in [5.41, 5.74) is 2.51. The molecule has 6 rings (SSSR count). The molecule has 1 N–H and O–H groups in total. The van der Waals surface area contributed by atoms with Crippen LogP contribution in [0.25, 0.3) is 0 Å². The predicted octanol–water partition coefficient (Wildman–Crippen LogP) is 7.46. The van der Waals surface area contributed by atoms with Crippen molar-refractivity contribution in [2.24, 2.45) is 0 Å². The molecule has 0 bridgehead atoms. The number of halogens is 2. The van der Waals surface area contributed by atoms with Crippen molar-refractivity contribution in [3.8, 4) is 0 Å². The third-order valence-corrected chi connectivity index (χ3v) is 12.3. The van der Waals surface area contributed by atoms with E-state index in [4.69, 9.17) is 4.74 Å². The van der Waals surface area contributed by atoms with Gasteiger partial charge in [-0.3, -0.25) is 9.80 Å². The molecule has 2 aromatic rings. The van der Waals surface area contributed by atoms with Gasteiger partial charge in [0, 0.05) is 59.3 Å². The SMILES string of the molecule is CC[C@]1(N2CCC(N3CCCCC3)CC2)CC(N2CCc3ccccc3NC2=O)CCN1C(=O)OCc1ccc(Br)c(Br)c1. The Labute approximate surface area is 278 Å². The van der Waals surface area contributed by atoms with Crippen molar-refractivity contribution in [1.29, 1.82) is 0 Å². The number of likely N-dealkylation sites (tertiary alicyclic amines) is 3. The minimum atomic E-state index is -0.507. The molecule has 0 saturated carbocycles. The monoisotopic (exact) mass is 729 g/mol. The van der Waals surface area contributed by atoms with Crippen molar-refractivity contribution in [3.05, 3.63) is 62.5 Å². The van der Waals surface area contributed by atoms with Crippen LogP contribution in [0.5, 0.6) is 0 Å². The minimum Gasteiger partial charge on any atom is -0.445 e. The Kier molecular flexibility index (Phi) is 10.2. The number of hydrogen-bond acceptors (Lipinski definition) is 5. The smallest absolute Gasteiger partial charge is 0.411 e. The lowest BCUT2D eigenvalue weighted by molar-refractivity contribution is -0.108. The number of nitrogens with one attached hydrogen (secondary N) is 1. The van der Waals surface area contributed by atoms with Gasteiger partial charge in [-0.05, 0) is 119 Å². The van der Waals surface area contributed by atoms with Crippen LogP contribution in [-0.2, 0) is 17.8 Å². The summed E-state index contributed by atoms with van der Waals surface area (Å²) in [6.45, 7) is 7.96. The van der Waals surface area contributed by atoms with Crippen molar-refractivity contribution in [1.82, 2.24) is 19.6 Å². The number of carbonyl (C=O) groups excluding carboxylic acids is 2. The first-order valence-corrected chi connectivity index (χ1v) is 18.0. The molecule has 3 amide bonds. The molecule has 2 atom stereocenters. The topological polar surface area (TPSA) is 68.4 Å². The number of nitrogens with zero attached hydrogens (tertiary/aromatic N) is 4. The lowest BCUT2D eigenvalue weighted by Crippen LogP contribution is -2.69. The Morgan fingerprint density at radius 3 is 2.43 bits per heavy atom. The first-order valence-electron chi connectivity index (χ1n) is 16.4. The van der Waals surface area contributed by atoms with Gasteiger partial charge in [0.05, 0.1) is 0 Å². The molecular formula is C34H45Br2N5O3. The Hall–Kier alpha value is -2.14. The molecule has 4 aliphatic rings. The highest BCUT2D eigenvalue weighted by atomic mass is 79.9. The summed E-state index contributed by atoms with van der Waals surface area (Å²) in [4.78, 5) is 36.8. The molecule has 10 heteroatoms. The van der Waals surface area contributed by atoms with Crippen molar-refractivity contribution < 1.29 is 14.3 Å². The number of urea groups is 1. The van der Waals surface area contributed by atoms with E-state index in [1.807, 2.05) is 46.2 Å². The average molecular weight is 732 g/mol. The number of fused-ring (bicyclic) bond motifs is 1. The predicted molar refractivity (Wildman–Crippen MR) is 181 cm³/mol. The second-order valence-electron chi connectivity index (χ2n) is 12.8. The maximum Gasteiger partial charge on any atom is 0.411 e. The van der Waals surface area contributed by atoms with E-state index in [9.17, 15) is 9.59 Å². The van der Waals surface area contributed by atoms with Crippen LogP contribution < -0.4 is 5.32 Å². The maximum atomic E-state index is 14.0. The lowest BCUT2D eigenvalue weighted by atomic mass is 9.84. The third kappa shape index (κ3) is 6.69. The molecule has 8 nitrogen and oxygen atoms in total. The quantitative estimate of drug-likeness (QED) is 0.335. The fourth-order valence-electron chi connectivity index (χ4n) is 7.98. The van der Waals surface area contributed by atoms with Gasteiger partial charge in [-0.15, -0.1) is 0 Å². The van der Waals surface area contributed by atoms with Crippen molar-refractivity contribution in [3.63, 3.8) is 0 Å². The Bertz CT molecular complexity index is 1330. The highest BCUT2D eigenvalue weighted by Crippen LogP contribution is 2.40. The van der Waals surface area contributed by atoms with Gasteiger partial charge in [-0.1, -0.05) is 37.6 Å². The molecule has 4 aliphatic heterocycles. The largest absolute Gasteiger partial charge is 0.445 e. The van der Waals surface area contributed by atoms with Gasteiger partial charge in [-0.25, -0.2) is 9.59 Å². The molecule has 0 aromatic heterocycles. The van der Waals surface area contributed by atoms with Gasteiger partial charge >= 0.3 is 12.1 Å². The zero-order valence-corrected chi connectivity index (χ0v) is 29.0. The first-order chi connectivity index (χ1) is 21.4. The number of carbonyl (C=O) groups is 2. The molecule has 0 spiro atoms. The number of para-hydroxylation sites is 1. The Morgan fingerprint density at radius 1 is 0.932 bits per heavy atom. The van der Waals surface area contributed by atoms with Crippen molar-refractivity contribution >= 4 is 49.7 Å². The summed E-state index contributed by atoms with van der Waals surface area (Å²) >= 11 is 7.09. The summed E-state index contributed by atoms with van der Waals surface area (Å²) in [6.07, 6.45) is 8.97. The van der Waals surface area contributed by atoms with Crippen LogP contribution in [0.3, 0.4) is 0 Å². The van der Waals surface area contributed by atoms with E-state index >= 15 is 0 Å². The first kappa shape index (κ1) is 31.8. The molecule has 1 unspecified atom stereocenters. The van der Waals surface area contributed by atoms with Crippen LogP contribution in [0, 0.1) is 0 Å². The molecule has 2 aromatic carbocycles. The highest BCUT2D eigenvalue weighted by Gasteiger charge is 2.51. The maximum absolute atomic E-state index is 14.0. The van der Waals surface area contributed by atoms with Crippen molar-refractivity contribution in [2.75, 3.05) is 44.6 Å². The molecule has 0 aliphatic carbocycles. The van der Waals surface area contributed by atoms with E-state index in [0.29, 0.717) is 19.1 Å². The van der Waals surface area contributed by atoms with Gasteiger partial charge in [0.1, 0.15) is 12.3 Å². The summed E-state index contributed by atoms with van der Waals surface area (Å²) in [7, 11) is 0. The van der Waals surface area contributed by atoms with Crippen LogP contribution in [0.4, 0.5) is 15.3 Å². The molecule has 3 fully saturated rings. The summed E-state index contributed by atoms with van der Waals surface area (Å²) in [5, 5.41) is 3.17. The van der Waals surface area contributed by atoms with Crippen LogP contribution in [-0.4, -0.2) is 88.7 Å². The molecule has 44 heavy (non-hydrogen) atoms. The zero-order chi connectivity index (χ0) is 30.7. The van der Waals surface area contributed by atoms with Crippen LogP contribution in [0.1, 0.15) is 69.4 Å². The van der Waals surface area contributed by atoms with Crippen LogP contribution >= 0.6 is 31.9 Å². The van der Waals surface area contributed by atoms with Crippen LogP contribution in [0.15, 0.2) is 51.4 Å². The van der Waals surface area contributed by atoms with Gasteiger partial charge in [0.2, 0.25) is 0 Å². The number of benzene rings is 2. The van der Waals surface area contributed by atoms with E-state index < -0.39 is 5.66 Å². The van der Waals surface area contributed by atoms with E-state index in [1.54, 1.807) is 0 Å². The van der Waals surface area contributed by atoms with E-state index in [1.165, 1.54) is 37.9 Å². The molecular weight excluding hydrogens is 686 g/mol. The second kappa shape index (κ2) is 14.1. The summed E-state index contributed by atoms with van der Waals surface area (Å²) in [6, 6.07) is 14.6. The standard InChI is InChI=1S/C34H45Br2N5O3/c1-2-34(39-18-13-27(14-19-39)38-16-6-3-7-17-38)23-28(40-20-12-26-8-4-5-9-31(26)37-32(40)42)15-21-41(34)33(43)44-24-25-10-11-29(35)30(36)22-25/h4-5,8-11,22,27-28H,2-3,6-7,12-21,23-24H2,1H3,(H,37,42)/t28?,34-/m1/s1. The van der Waals surface area contributed by atoms with Gasteiger partial charge < -0.3 is 19.9 Å². The third-order valence-electron chi connectivity index (χ3n) is 10.4. The normalized spacial score (nSPS) is 25.7. The van der Waals surface area contributed by atoms with E-state index in [0.717, 1.165) is 71.8 Å². The zero-order valence-electron chi connectivity index (χ0n) is 25.8. The minimum absolute atomic E-state index is 0.0365. The number of anilines is 1. The molecule has 0 radical (unpaired) electrons. The van der Waals surface area contributed by atoms with E-state index in [2.05, 4.69) is 60.0 Å². The van der Waals surface area contributed by atoms with Gasteiger partial charge in [0.15, 0.2) is 0 Å². The summed E-state index contributed by atoms with van der Waals surface area (Å²) < 4.78 is 7.91. The fourth-order valence-corrected chi connectivity index (χ4v) is 8.66. The number of piperidine rings is 3. The molecule has 4 heterocycles. The number of hydrogen-bond donors (Lipinski definition) is 1. The van der Waals surface area contributed by atoms with Crippen LogP contribution in [0.2, 0.25) is 0 Å². The Morgan fingerprint density at radius 2 is 1.68 bits per heavy atom. The highest BCUT2D eigenvalue weighted by molar-refractivity contribution is 9.13. The second-order valence-corrected chi connectivity index (χ2v) is 14.5. The van der Waals surface area contributed by atoms with E-state index in [-0.39, 0.29) is 24.8 Å². The fraction of sp³-hybridized carbons (Fsp3) is 0.588. The average Bonchev–Trinajstić information content (AvgIpc) is 3.23. The lowest BCUT2D eigenvalue weighted by Gasteiger charge is -2.57. The molecule has 3 saturated heterocycles. The van der Waals surface area contributed by atoms with Gasteiger partial charge in [-0.2, -0.15) is 0 Å².